The molecule has 3 aliphatic carbocycles. The number of nitrogens with zero attached hydrogens (tertiary/aromatic N) is 1. The van der Waals surface area contributed by atoms with E-state index in [-0.39, 0.29) is 5.91 Å². The van der Waals surface area contributed by atoms with Crippen LogP contribution in [0.4, 0.5) is 0 Å². The second-order valence-electron chi connectivity index (χ2n) is 11.4. The maximum atomic E-state index is 12.5. The molecule has 7 atom stereocenters. The van der Waals surface area contributed by atoms with Crippen molar-refractivity contribution in [2.24, 2.45) is 34.5 Å². The molecular formula is C26H38N2O2S. The summed E-state index contributed by atoms with van der Waals surface area (Å²) >= 11 is 1.66. The predicted octanol–water partition coefficient (Wildman–Crippen LogP) is 4.89. The molecule has 1 saturated heterocycles. The highest BCUT2D eigenvalue weighted by molar-refractivity contribution is 7.10. The molecule has 2 amide bonds. The van der Waals surface area contributed by atoms with Gasteiger partial charge < -0.3 is 10.2 Å². The van der Waals surface area contributed by atoms with Gasteiger partial charge in [-0.25, -0.2) is 0 Å². The standard InChI is InChI=1S/C26H38N2O2S/c1-25-12-10-21-19(7-9-22-26(21,2)13-11-24(30)28(22)3)20(25)8-6-17(25)16-27-23(29)15-18-5-4-14-31-18/h4-5,14,17,19-22H,6-13,15-16H2,1-3H3,(H,27,29)/t17-,19+,20+,21+,22-,25-,26-/m1/s1. The molecule has 170 valence electrons. The lowest BCUT2D eigenvalue weighted by molar-refractivity contribution is -0.158. The Balaban J connectivity index is 1.26. The van der Waals surface area contributed by atoms with Crippen molar-refractivity contribution in [3.8, 4) is 0 Å². The molecule has 0 radical (unpaired) electrons. The number of amides is 2. The van der Waals surface area contributed by atoms with Crippen LogP contribution in [0.2, 0.25) is 0 Å². The highest BCUT2D eigenvalue weighted by Crippen LogP contribution is 2.66. The van der Waals surface area contributed by atoms with Crippen molar-refractivity contribution in [2.75, 3.05) is 13.6 Å². The van der Waals surface area contributed by atoms with E-state index in [0.29, 0.717) is 35.1 Å². The summed E-state index contributed by atoms with van der Waals surface area (Å²) in [4.78, 5) is 28.1. The first-order chi connectivity index (χ1) is 14.8. The van der Waals surface area contributed by atoms with Crippen LogP contribution in [0.3, 0.4) is 0 Å². The molecule has 0 bridgehead atoms. The summed E-state index contributed by atoms with van der Waals surface area (Å²) in [5, 5.41) is 5.32. The first-order valence-electron chi connectivity index (χ1n) is 12.4. The highest BCUT2D eigenvalue weighted by Gasteiger charge is 2.60. The van der Waals surface area contributed by atoms with Crippen molar-refractivity contribution in [3.05, 3.63) is 22.4 Å². The van der Waals surface area contributed by atoms with Crippen LogP contribution in [-0.4, -0.2) is 36.3 Å². The molecule has 4 fully saturated rings. The van der Waals surface area contributed by atoms with Gasteiger partial charge in [0.15, 0.2) is 0 Å². The zero-order valence-electron chi connectivity index (χ0n) is 19.4. The summed E-state index contributed by atoms with van der Waals surface area (Å²) in [7, 11) is 2.04. The molecule has 31 heavy (non-hydrogen) atoms. The van der Waals surface area contributed by atoms with E-state index in [1.807, 2.05) is 24.6 Å². The smallest absolute Gasteiger partial charge is 0.225 e. The fraction of sp³-hybridized carbons (Fsp3) is 0.769. The van der Waals surface area contributed by atoms with Crippen LogP contribution in [0.5, 0.6) is 0 Å². The maximum Gasteiger partial charge on any atom is 0.225 e. The van der Waals surface area contributed by atoms with Crippen molar-refractivity contribution in [3.63, 3.8) is 0 Å². The van der Waals surface area contributed by atoms with Gasteiger partial charge in [-0.2, -0.15) is 0 Å². The summed E-state index contributed by atoms with van der Waals surface area (Å²) in [5.41, 5.74) is 0.650. The zero-order chi connectivity index (χ0) is 21.8. The molecular weight excluding hydrogens is 404 g/mol. The largest absolute Gasteiger partial charge is 0.355 e. The molecule has 5 heteroatoms. The molecule has 0 unspecified atom stereocenters. The number of rotatable bonds is 4. The van der Waals surface area contributed by atoms with E-state index < -0.39 is 0 Å². The number of hydrogen-bond donors (Lipinski definition) is 1. The van der Waals surface area contributed by atoms with Gasteiger partial charge in [-0.3, -0.25) is 9.59 Å². The molecule has 5 rings (SSSR count). The van der Waals surface area contributed by atoms with E-state index in [1.165, 1.54) is 38.5 Å². The number of hydrogen-bond acceptors (Lipinski definition) is 3. The Morgan fingerprint density at radius 3 is 2.71 bits per heavy atom. The Hall–Kier alpha value is -1.36. The minimum atomic E-state index is 0.172. The minimum Gasteiger partial charge on any atom is -0.355 e. The Morgan fingerprint density at radius 1 is 1.13 bits per heavy atom. The molecule has 1 N–H and O–H groups in total. The number of fused-ring (bicyclic) bond motifs is 5. The third-order valence-electron chi connectivity index (χ3n) is 10.2. The quantitative estimate of drug-likeness (QED) is 0.722. The Labute approximate surface area is 191 Å². The second-order valence-corrected chi connectivity index (χ2v) is 12.4. The Kier molecular flexibility index (Phi) is 5.47. The first-order valence-corrected chi connectivity index (χ1v) is 13.3. The van der Waals surface area contributed by atoms with Gasteiger partial charge in [-0.15, -0.1) is 11.3 Å². The Morgan fingerprint density at radius 2 is 1.94 bits per heavy atom. The molecule has 1 aliphatic heterocycles. The molecule has 0 spiro atoms. The molecule has 1 aromatic heterocycles. The first kappa shape index (κ1) is 21.5. The number of piperidine rings is 1. The number of carbonyl (C=O) groups excluding carboxylic acids is 2. The van der Waals surface area contributed by atoms with E-state index in [9.17, 15) is 9.59 Å². The fourth-order valence-electron chi connectivity index (χ4n) is 8.47. The lowest BCUT2D eigenvalue weighted by atomic mass is 9.47. The third kappa shape index (κ3) is 3.46. The summed E-state index contributed by atoms with van der Waals surface area (Å²) in [6.45, 7) is 5.87. The van der Waals surface area contributed by atoms with Crippen LogP contribution >= 0.6 is 11.3 Å². The maximum absolute atomic E-state index is 12.5. The second kappa shape index (κ2) is 7.90. The van der Waals surface area contributed by atoms with Crippen molar-refractivity contribution >= 4 is 23.2 Å². The monoisotopic (exact) mass is 442 g/mol. The number of likely N-dealkylation sites (tertiary alicyclic amines) is 1. The SMILES string of the molecule is CN1C(=O)CC[C@]2(C)[C@H]3CC[C@]4(C)[C@@H](CNC(=O)Cc5cccs5)CC[C@H]4[C@@H]3CC[C@@H]12. The average Bonchev–Trinajstić information content (AvgIpc) is 3.36. The summed E-state index contributed by atoms with van der Waals surface area (Å²) in [6.07, 6.45) is 9.93. The van der Waals surface area contributed by atoms with Crippen LogP contribution in [0.25, 0.3) is 0 Å². The number of nitrogens with one attached hydrogen (secondary N) is 1. The summed E-state index contributed by atoms with van der Waals surface area (Å²) in [6, 6.07) is 4.50. The highest BCUT2D eigenvalue weighted by atomic mass is 32.1. The predicted molar refractivity (Wildman–Crippen MR) is 125 cm³/mol. The number of carbonyl (C=O) groups is 2. The van der Waals surface area contributed by atoms with Crippen LogP contribution in [0.1, 0.15) is 70.1 Å². The molecule has 1 aromatic rings. The van der Waals surface area contributed by atoms with Crippen molar-refractivity contribution in [1.29, 1.82) is 0 Å². The van der Waals surface area contributed by atoms with Gasteiger partial charge >= 0.3 is 0 Å². The summed E-state index contributed by atoms with van der Waals surface area (Å²) in [5.74, 6) is 3.46. The molecule has 0 aromatic carbocycles. The average molecular weight is 443 g/mol. The minimum absolute atomic E-state index is 0.172. The van der Waals surface area contributed by atoms with E-state index in [0.717, 1.165) is 42.0 Å². The van der Waals surface area contributed by atoms with E-state index in [2.05, 4.69) is 24.1 Å². The van der Waals surface area contributed by atoms with Crippen LogP contribution < -0.4 is 5.32 Å². The van der Waals surface area contributed by atoms with Gasteiger partial charge in [0.05, 0.1) is 6.42 Å². The van der Waals surface area contributed by atoms with Crippen molar-refractivity contribution in [2.45, 2.75) is 77.7 Å². The molecule has 2 heterocycles. The van der Waals surface area contributed by atoms with Crippen LogP contribution in [-0.2, 0) is 16.0 Å². The van der Waals surface area contributed by atoms with Crippen LogP contribution in [0, 0.1) is 34.5 Å². The van der Waals surface area contributed by atoms with E-state index >= 15 is 0 Å². The van der Waals surface area contributed by atoms with Gasteiger partial charge in [0.25, 0.3) is 0 Å². The number of thiophene rings is 1. The Bertz CT molecular complexity index is 838. The lowest BCUT2D eigenvalue weighted by Gasteiger charge is -2.61. The molecule has 4 nitrogen and oxygen atoms in total. The van der Waals surface area contributed by atoms with E-state index in [1.54, 1.807) is 11.3 Å². The summed E-state index contributed by atoms with van der Waals surface area (Å²) < 4.78 is 0. The van der Waals surface area contributed by atoms with Gasteiger partial charge in [-0.1, -0.05) is 19.9 Å². The lowest BCUT2D eigenvalue weighted by Crippen LogP contribution is -2.61. The molecule has 3 saturated carbocycles. The van der Waals surface area contributed by atoms with Crippen molar-refractivity contribution < 1.29 is 9.59 Å². The van der Waals surface area contributed by atoms with Gasteiger partial charge in [0.1, 0.15) is 0 Å². The van der Waals surface area contributed by atoms with Gasteiger partial charge in [0, 0.05) is 30.9 Å². The molecule has 4 aliphatic rings. The van der Waals surface area contributed by atoms with Crippen molar-refractivity contribution in [1.82, 2.24) is 10.2 Å². The normalized spacial score (nSPS) is 42.0. The van der Waals surface area contributed by atoms with Crippen LogP contribution in [0.15, 0.2) is 17.5 Å². The zero-order valence-corrected chi connectivity index (χ0v) is 20.2. The topological polar surface area (TPSA) is 49.4 Å². The van der Waals surface area contributed by atoms with E-state index in [4.69, 9.17) is 0 Å². The fourth-order valence-corrected chi connectivity index (χ4v) is 9.17. The van der Waals surface area contributed by atoms with Gasteiger partial charge in [-0.05, 0) is 90.9 Å². The van der Waals surface area contributed by atoms with Gasteiger partial charge in [0.2, 0.25) is 11.8 Å². The third-order valence-corrected chi connectivity index (χ3v) is 11.1.